The van der Waals surface area contributed by atoms with Crippen molar-refractivity contribution in [3.63, 3.8) is 0 Å². The number of hydrogen-bond donors (Lipinski definition) is 3. The van der Waals surface area contributed by atoms with Crippen LogP contribution in [0.5, 0.6) is 0 Å². The number of anilines is 1. The molecule has 0 fully saturated rings. The Kier molecular flexibility index (Phi) is 5.23. The number of aliphatic imine (C=N–C) groups is 1. The molecule has 1 aromatic rings. The molecule has 110 valence electrons. The first kappa shape index (κ1) is 16.1. The number of carbonyl (C=O) groups is 1. The number of nitrogens with two attached hydrogens (primary N) is 1. The Morgan fingerprint density at radius 2 is 2.05 bits per heavy atom. The predicted molar refractivity (Wildman–Crippen MR) is 78.2 cm³/mol. The SMILES string of the molecule is CNS(=O)(=O)c1ccc(C)c(NC(=O)CN=C(C)N)c1. The number of benzene rings is 1. The van der Waals surface area contributed by atoms with Crippen LogP contribution in [0.3, 0.4) is 0 Å². The van der Waals surface area contributed by atoms with Crippen molar-refractivity contribution in [1.29, 1.82) is 0 Å². The van der Waals surface area contributed by atoms with Crippen LogP contribution in [0.1, 0.15) is 12.5 Å². The fraction of sp³-hybridized carbons (Fsp3) is 0.333. The highest BCUT2D eigenvalue weighted by atomic mass is 32.2. The summed E-state index contributed by atoms with van der Waals surface area (Å²) >= 11 is 0. The molecule has 20 heavy (non-hydrogen) atoms. The molecule has 1 rings (SSSR count). The van der Waals surface area contributed by atoms with Crippen molar-refractivity contribution < 1.29 is 13.2 Å². The van der Waals surface area contributed by atoms with Crippen LogP contribution in [0.4, 0.5) is 5.69 Å². The van der Waals surface area contributed by atoms with Gasteiger partial charge in [-0.3, -0.25) is 9.79 Å². The van der Waals surface area contributed by atoms with Gasteiger partial charge in [0.05, 0.1) is 10.7 Å². The molecule has 7 nitrogen and oxygen atoms in total. The lowest BCUT2D eigenvalue weighted by Crippen LogP contribution is -2.20. The molecule has 1 aromatic carbocycles. The monoisotopic (exact) mass is 298 g/mol. The molecule has 0 aliphatic carbocycles. The lowest BCUT2D eigenvalue weighted by atomic mass is 10.2. The molecule has 1 amide bonds. The van der Waals surface area contributed by atoms with Crippen LogP contribution in [-0.2, 0) is 14.8 Å². The molecule has 0 aliphatic heterocycles. The smallest absolute Gasteiger partial charge is 0.246 e. The fourth-order valence-electron chi connectivity index (χ4n) is 1.41. The molecule has 0 saturated heterocycles. The van der Waals surface area contributed by atoms with E-state index in [2.05, 4.69) is 15.0 Å². The number of nitrogens with zero attached hydrogens (tertiary/aromatic N) is 1. The van der Waals surface area contributed by atoms with Crippen molar-refractivity contribution in [3.8, 4) is 0 Å². The highest BCUT2D eigenvalue weighted by Crippen LogP contribution is 2.19. The third kappa shape index (κ3) is 4.32. The summed E-state index contributed by atoms with van der Waals surface area (Å²) in [6, 6.07) is 4.49. The Labute approximate surface area is 118 Å². The lowest BCUT2D eigenvalue weighted by Gasteiger charge is -2.10. The topological polar surface area (TPSA) is 114 Å². The first-order chi connectivity index (χ1) is 9.26. The maximum Gasteiger partial charge on any atom is 0.246 e. The van der Waals surface area contributed by atoms with E-state index < -0.39 is 10.0 Å². The van der Waals surface area contributed by atoms with Gasteiger partial charge in [0, 0.05) is 5.69 Å². The highest BCUT2D eigenvalue weighted by molar-refractivity contribution is 7.89. The second-order valence-electron chi connectivity index (χ2n) is 4.19. The van der Waals surface area contributed by atoms with E-state index in [4.69, 9.17) is 5.73 Å². The highest BCUT2D eigenvalue weighted by Gasteiger charge is 2.13. The van der Waals surface area contributed by atoms with Gasteiger partial charge in [0.25, 0.3) is 0 Å². The van der Waals surface area contributed by atoms with Crippen LogP contribution in [-0.4, -0.2) is 33.8 Å². The molecule has 8 heteroatoms. The molecule has 4 N–H and O–H groups in total. The number of nitrogens with one attached hydrogen (secondary N) is 2. The van der Waals surface area contributed by atoms with Crippen LogP contribution in [0.25, 0.3) is 0 Å². The zero-order valence-corrected chi connectivity index (χ0v) is 12.4. The zero-order valence-electron chi connectivity index (χ0n) is 11.6. The fourth-order valence-corrected chi connectivity index (χ4v) is 2.16. The largest absolute Gasteiger partial charge is 0.388 e. The first-order valence-corrected chi connectivity index (χ1v) is 7.35. The van der Waals surface area contributed by atoms with E-state index in [1.165, 1.54) is 19.2 Å². The zero-order chi connectivity index (χ0) is 15.3. The van der Waals surface area contributed by atoms with Crippen LogP contribution < -0.4 is 15.8 Å². The minimum absolute atomic E-state index is 0.0828. The Bertz CT molecular complexity index is 634. The standard InChI is InChI=1S/C12H18N4O3S/c1-8-4-5-10(20(18,19)14-3)6-11(8)16-12(17)7-15-9(2)13/h4-6,14H,7H2,1-3H3,(H2,13,15)(H,16,17). The van der Waals surface area contributed by atoms with Crippen molar-refractivity contribution >= 4 is 27.5 Å². The quantitative estimate of drug-likeness (QED) is 0.533. The molecular formula is C12H18N4O3S. The number of sulfonamides is 1. The molecule has 0 unspecified atom stereocenters. The van der Waals surface area contributed by atoms with Gasteiger partial charge in [-0.1, -0.05) is 6.07 Å². The third-order valence-electron chi connectivity index (χ3n) is 2.53. The number of carbonyl (C=O) groups excluding carboxylic acids is 1. The molecule has 0 bridgehead atoms. The Morgan fingerprint density at radius 3 is 2.60 bits per heavy atom. The van der Waals surface area contributed by atoms with Gasteiger partial charge in [-0.15, -0.1) is 0 Å². The van der Waals surface area contributed by atoms with Gasteiger partial charge in [0.2, 0.25) is 15.9 Å². The van der Waals surface area contributed by atoms with Gasteiger partial charge in [-0.05, 0) is 38.6 Å². The first-order valence-electron chi connectivity index (χ1n) is 5.87. The summed E-state index contributed by atoms with van der Waals surface area (Å²) in [5.74, 6) is -0.0553. The molecule has 0 spiro atoms. The predicted octanol–water partition coefficient (Wildman–Crippen LogP) is 0.219. The maximum atomic E-state index is 11.7. The van der Waals surface area contributed by atoms with E-state index in [-0.39, 0.29) is 17.3 Å². The summed E-state index contributed by atoms with van der Waals surface area (Å²) in [4.78, 5) is 15.5. The summed E-state index contributed by atoms with van der Waals surface area (Å²) in [7, 11) is -2.22. The summed E-state index contributed by atoms with van der Waals surface area (Å²) in [5, 5.41) is 2.61. The summed E-state index contributed by atoms with van der Waals surface area (Å²) in [5.41, 5.74) is 6.52. The average molecular weight is 298 g/mol. The number of amidine groups is 1. The van der Waals surface area contributed by atoms with Crippen LogP contribution in [0, 0.1) is 6.92 Å². The van der Waals surface area contributed by atoms with Crippen LogP contribution >= 0.6 is 0 Å². The van der Waals surface area contributed by atoms with E-state index in [0.717, 1.165) is 5.56 Å². The normalized spacial score (nSPS) is 12.2. The molecule has 0 saturated carbocycles. The van der Waals surface area contributed by atoms with Gasteiger partial charge in [0.1, 0.15) is 6.54 Å². The third-order valence-corrected chi connectivity index (χ3v) is 3.95. The second-order valence-corrected chi connectivity index (χ2v) is 6.08. The summed E-state index contributed by atoms with van der Waals surface area (Å²) < 4.78 is 25.6. The van der Waals surface area contributed by atoms with E-state index in [0.29, 0.717) is 11.5 Å². The minimum atomic E-state index is -3.55. The summed E-state index contributed by atoms with van der Waals surface area (Å²) in [6.45, 7) is 3.24. The molecule has 0 aromatic heterocycles. The summed E-state index contributed by atoms with van der Waals surface area (Å²) in [6.07, 6.45) is 0. The minimum Gasteiger partial charge on any atom is -0.388 e. The second kappa shape index (κ2) is 6.49. The van der Waals surface area contributed by atoms with Gasteiger partial charge >= 0.3 is 0 Å². The number of rotatable bonds is 5. The van der Waals surface area contributed by atoms with Crippen molar-refractivity contribution in [2.75, 3.05) is 18.9 Å². The molecule has 0 heterocycles. The maximum absolute atomic E-state index is 11.7. The van der Waals surface area contributed by atoms with Gasteiger partial charge in [-0.25, -0.2) is 13.1 Å². The average Bonchev–Trinajstić information content (AvgIpc) is 2.38. The Hall–Kier alpha value is -1.93. The van der Waals surface area contributed by atoms with Gasteiger partial charge in [-0.2, -0.15) is 0 Å². The Balaban J connectivity index is 2.99. The Morgan fingerprint density at radius 1 is 1.40 bits per heavy atom. The lowest BCUT2D eigenvalue weighted by molar-refractivity contribution is -0.114. The van der Waals surface area contributed by atoms with Gasteiger partial charge in [0.15, 0.2) is 0 Å². The van der Waals surface area contributed by atoms with Crippen LogP contribution in [0.2, 0.25) is 0 Å². The van der Waals surface area contributed by atoms with Crippen molar-refractivity contribution in [2.24, 2.45) is 10.7 Å². The van der Waals surface area contributed by atoms with Crippen molar-refractivity contribution in [2.45, 2.75) is 18.7 Å². The number of amides is 1. The van der Waals surface area contributed by atoms with Gasteiger partial charge < -0.3 is 11.1 Å². The molecule has 0 radical (unpaired) electrons. The molecule has 0 aliphatic rings. The van der Waals surface area contributed by atoms with Crippen molar-refractivity contribution in [3.05, 3.63) is 23.8 Å². The molecule has 0 atom stereocenters. The van der Waals surface area contributed by atoms with Crippen LogP contribution in [0.15, 0.2) is 28.1 Å². The van der Waals surface area contributed by atoms with Crippen molar-refractivity contribution in [1.82, 2.24) is 4.72 Å². The number of aryl methyl sites for hydroxylation is 1. The number of hydrogen-bond acceptors (Lipinski definition) is 4. The van der Waals surface area contributed by atoms with E-state index >= 15 is 0 Å². The molecular weight excluding hydrogens is 280 g/mol. The van der Waals surface area contributed by atoms with E-state index in [1.807, 2.05) is 0 Å². The van der Waals surface area contributed by atoms with E-state index in [1.54, 1.807) is 19.9 Å². The van der Waals surface area contributed by atoms with E-state index in [9.17, 15) is 13.2 Å².